The van der Waals surface area contributed by atoms with Gasteiger partial charge in [-0.1, -0.05) is 40.2 Å². The Morgan fingerprint density at radius 1 is 1.03 bits per heavy atom. The molecular weight excluding hydrogens is 444 g/mol. The van der Waals surface area contributed by atoms with Gasteiger partial charge in [-0.25, -0.2) is 0 Å². The molecule has 4 aliphatic carbocycles. The number of benzene rings is 2. The lowest BCUT2D eigenvalue weighted by molar-refractivity contribution is -0.0672. The van der Waals surface area contributed by atoms with Crippen molar-refractivity contribution in [3.8, 4) is 0 Å². The molecule has 152 valence electrons. The van der Waals surface area contributed by atoms with E-state index in [0.717, 1.165) is 33.0 Å². The molecular formula is C24H27BrN2OS. The Morgan fingerprint density at radius 2 is 1.62 bits per heavy atom. The van der Waals surface area contributed by atoms with E-state index < -0.39 is 0 Å². The number of halogens is 1. The van der Waals surface area contributed by atoms with Crippen LogP contribution in [-0.2, 0) is 0 Å². The lowest BCUT2D eigenvalue weighted by Crippen LogP contribution is -2.57. The standard InChI is InChI=1S/C24H27BrN2OS/c1-14(24-11-15-8-16(12-24)10-17(9-15)13-24)26-23(29)27-22(28)20-6-2-5-19-18(20)4-3-7-21(19)25/h2-7,14-17H,8-13H2,1H3,(H2,26,27,28,29). The minimum Gasteiger partial charge on any atom is -0.359 e. The van der Waals surface area contributed by atoms with Gasteiger partial charge in [-0.3, -0.25) is 10.1 Å². The molecule has 4 saturated carbocycles. The zero-order chi connectivity index (χ0) is 20.2. The van der Waals surface area contributed by atoms with E-state index in [1.54, 1.807) is 0 Å². The van der Waals surface area contributed by atoms with Crippen LogP contribution in [0.1, 0.15) is 55.8 Å². The SMILES string of the molecule is CC(NC(=S)NC(=O)c1cccc2c(Br)cccc12)C12CC3CC(CC(C3)C1)C2. The van der Waals surface area contributed by atoms with E-state index in [4.69, 9.17) is 12.2 Å². The van der Waals surface area contributed by atoms with Gasteiger partial charge in [0, 0.05) is 16.1 Å². The number of hydrogen-bond donors (Lipinski definition) is 2. The molecule has 0 radical (unpaired) electrons. The molecule has 0 aliphatic heterocycles. The highest BCUT2D eigenvalue weighted by atomic mass is 79.9. The van der Waals surface area contributed by atoms with Gasteiger partial charge >= 0.3 is 0 Å². The number of carbonyl (C=O) groups is 1. The normalized spacial score (nSPS) is 30.9. The number of fused-ring (bicyclic) bond motifs is 1. The molecule has 1 amide bonds. The highest BCUT2D eigenvalue weighted by molar-refractivity contribution is 9.10. The maximum atomic E-state index is 13.0. The molecule has 2 aromatic carbocycles. The molecule has 0 spiro atoms. The summed E-state index contributed by atoms with van der Waals surface area (Å²) in [6.45, 7) is 2.26. The second-order valence-corrected chi connectivity index (χ2v) is 10.8. The fraction of sp³-hybridized carbons (Fsp3) is 0.500. The van der Waals surface area contributed by atoms with Crippen molar-refractivity contribution in [2.24, 2.45) is 23.2 Å². The van der Waals surface area contributed by atoms with Gasteiger partial charge in [0.25, 0.3) is 5.91 Å². The maximum absolute atomic E-state index is 13.0. The lowest BCUT2D eigenvalue weighted by Gasteiger charge is -2.59. The molecule has 0 heterocycles. The first-order chi connectivity index (χ1) is 13.9. The van der Waals surface area contributed by atoms with Gasteiger partial charge in [0.2, 0.25) is 0 Å². The molecule has 1 unspecified atom stereocenters. The van der Waals surface area contributed by atoms with Crippen molar-refractivity contribution >= 4 is 49.9 Å². The van der Waals surface area contributed by atoms with Crippen LogP contribution in [0.25, 0.3) is 10.8 Å². The second kappa shape index (κ2) is 7.35. The third-order valence-electron chi connectivity index (χ3n) is 7.69. The monoisotopic (exact) mass is 470 g/mol. The molecule has 29 heavy (non-hydrogen) atoms. The van der Waals surface area contributed by atoms with E-state index in [1.165, 1.54) is 38.5 Å². The van der Waals surface area contributed by atoms with Crippen LogP contribution in [-0.4, -0.2) is 17.1 Å². The Morgan fingerprint density at radius 3 is 2.28 bits per heavy atom. The van der Waals surface area contributed by atoms with Crippen LogP contribution in [0.3, 0.4) is 0 Å². The summed E-state index contributed by atoms with van der Waals surface area (Å²) in [7, 11) is 0. The minimum atomic E-state index is -0.149. The van der Waals surface area contributed by atoms with Crippen molar-refractivity contribution in [3.63, 3.8) is 0 Å². The van der Waals surface area contributed by atoms with Gasteiger partial charge in [-0.2, -0.15) is 0 Å². The predicted octanol–water partition coefficient (Wildman–Crippen LogP) is 5.81. The Kier molecular flexibility index (Phi) is 4.94. The molecule has 0 aromatic heterocycles. The van der Waals surface area contributed by atoms with Gasteiger partial charge in [0.05, 0.1) is 0 Å². The smallest absolute Gasteiger partial charge is 0.258 e. The minimum absolute atomic E-state index is 0.149. The number of hydrogen-bond acceptors (Lipinski definition) is 2. The number of carbonyl (C=O) groups excluding carboxylic acids is 1. The Bertz CT molecular complexity index is 953. The Labute approximate surface area is 186 Å². The van der Waals surface area contributed by atoms with Crippen LogP contribution in [0.2, 0.25) is 0 Å². The summed E-state index contributed by atoms with van der Waals surface area (Å²) >= 11 is 9.13. The molecule has 4 fully saturated rings. The van der Waals surface area contributed by atoms with Crippen molar-refractivity contribution < 1.29 is 4.79 Å². The number of nitrogens with one attached hydrogen (secondary N) is 2. The van der Waals surface area contributed by atoms with E-state index in [-0.39, 0.29) is 5.91 Å². The predicted molar refractivity (Wildman–Crippen MR) is 125 cm³/mol. The van der Waals surface area contributed by atoms with Crippen molar-refractivity contribution in [2.75, 3.05) is 0 Å². The zero-order valence-corrected chi connectivity index (χ0v) is 19.1. The van der Waals surface area contributed by atoms with Gasteiger partial charge < -0.3 is 5.32 Å². The Balaban J connectivity index is 1.29. The number of amides is 1. The summed E-state index contributed by atoms with van der Waals surface area (Å²) in [6, 6.07) is 12.0. The zero-order valence-electron chi connectivity index (χ0n) is 16.7. The summed E-state index contributed by atoms with van der Waals surface area (Å²) in [5.74, 6) is 2.57. The van der Waals surface area contributed by atoms with E-state index in [1.807, 2.05) is 36.4 Å². The molecule has 3 nitrogen and oxygen atoms in total. The number of thiocarbonyl (C=S) groups is 1. The van der Waals surface area contributed by atoms with Gasteiger partial charge in [0.1, 0.15) is 0 Å². The lowest BCUT2D eigenvalue weighted by atomic mass is 9.48. The van der Waals surface area contributed by atoms with Crippen molar-refractivity contribution in [2.45, 2.75) is 51.5 Å². The van der Waals surface area contributed by atoms with Crippen molar-refractivity contribution in [1.29, 1.82) is 0 Å². The topological polar surface area (TPSA) is 41.1 Å². The fourth-order valence-corrected chi connectivity index (χ4v) is 7.50. The Hall–Kier alpha value is -1.46. The fourth-order valence-electron chi connectivity index (χ4n) is 6.73. The first-order valence-electron chi connectivity index (χ1n) is 10.7. The third kappa shape index (κ3) is 3.50. The van der Waals surface area contributed by atoms with E-state index >= 15 is 0 Å². The third-order valence-corrected chi connectivity index (χ3v) is 8.60. The van der Waals surface area contributed by atoms with Crippen molar-refractivity contribution in [3.05, 3.63) is 46.4 Å². The van der Waals surface area contributed by atoms with Crippen LogP contribution in [0.5, 0.6) is 0 Å². The van der Waals surface area contributed by atoms with Crippen molar-refractivity contribution in [1.82, 2.24) is 10.6 Å². The summed E-state index contributed by atoms with van der Waals surface area (Å²) < 4.78 is 0.987. The number of rotatable bonds is 3. The molecule has 2 N–H and O–H groups in total. The molecule has 6 rings (SSSR count). The molecule has 2 aromatic rings. The van der Waals surface area contributed by atoms with Gasteiger partial charge in [0.15, 0.2) is 5.11 Å². The molecule has 1 atom stereocenters. The van der Waals surface area contributed by atoms with E-state index in [2.05, 4.69) is 33.5 Å². The van der Waals surface area contributed by atoms with Gasteiger partial charge in [-0.15, -0.1) is 0 Å². The summed E-state index contributed by atoms with van der Waals surface area (Å²) in [5.41, 5.74) is 1.00. The summed E-state index contributed by atoms with van der Waals surface area (Å²) in [4.78, 5) is 13.0. The van der Waals surface area contributed by atoms with E-state index in [9.17, 15) is 4.79 Å². The first-order valence-corrected chi connectivity index (χ1v) is 11.9. The average molecular weight is 471 g/mol. The van der Waals surface area contributed by atoms with Crippen LogP contribution >= 0.6 is 28.1 Å². The highest BCUT2D eigenvalue weighted by Crippen LogP contribution is 2.61. The maximum Gasteiger partial charge on any atom is 0.258 e. The molecule has 4 bridgehead atoms. The molecule has 5 heteroatoms. The van der Waals surface area contributed by atoms with Crippen LogP contribution in [0, 0.1) is 23.2 Å². The molecule has 4 aliphatic rings. The summed E-state index contributed by atoms with van der Waals surface area (Å²) in [6.07, 6.45) is 8.26. The largest absolute Gasteiger partial charge is 0.359 e. The van der Waals surface area contributed by atoms with Crippen LogP contribution in [0.15, 0.2) is 40.9 Å². The quantitative estimate of drug-likeness (QED) is 0.555. The average Bonchev–Trinajstić information content (AvgIpc) is 2.66. The van der Waals surface area contributed by atoms with E-state index in [0.29, 0.717) is 22.1 Å². The highest BCUT2D eigenvalue weighted by Gasteiger charge is 2.53. The second-order valence-electron chi connectivity index (χ2n) is 9.57. The summed E-state index contributed by atoms with van der Waals surface area (Å²) in [5, 5.41) is 8.83. The van der Waals surface area contributed by atoms with Crippen LogP contribution < -0.4 is 10.6 Å². The van der Waals surface area contributed by atoms with Gasteiger partial charge in [-0.05, 0) is 104 Å². The molecule has 0 saturated heterocycles. The van der Waals surface area contributed by atoms with Crippen LogP contribution in [0.4, 0.5) is 0 Å². The first kappa shape index (κ1) is 19.5.